The fraction of sp³-hybridized carbons (Fsp3) is 0.429. The lowest BCUT2D eigenvalue weighted by Gasteiger charge is -2.32. The van der Waals surface area contributed by atoms with Crippen molar-refractivity contribution in [2.75, 3.05) is 7.11 Å². The summed E-state index contributed by atoms with van der Waals surface area (Å²) in [4.78, 5) is 7.20. The van der Waals surface area contributed by atoms with Gasteiger partial charge in [-0.3, -0.25) is 9.08 Å². The van der Waals surface area contributed by atoms with E-state index in [1.807, 2.05) is 17.9 Å². The number of hydrogen-bond donors (Lipinski definition) is 1. The number of imidazole rings is 1. The smallest absolute Gasteiger partial charge is 0.194 e. The molecule has 4 aromatic rings. The Balaban J connectivity index is 1.51. The van der Waals surface area contributed by atoms with Crippen molar-refractivity contribution in [1.29, 1.82) is 0 Å². The monoisotopic (exact) mass is 395 g/mol. The summed E-state index contributed by atoms with van der Waals surface area (Å²) in [5.41, 5.74) is 3.25. The van der Waals surface area contributed by atoms with Gasteiger partial charge < -0.3 is 10.1 Å². The van der Waals surface area contributed by atoms with Gasteiger partial charge in [-0.25, -0.2) is 4.98 Å². The number of nitrogens with one attached hydrogen (secondary N) is 1. The predicted molar refractivity (Wildman–Crippen MR) is 113 cm³/mol. The summed E-state index contributed by atoms with van der Waals surface area (Å²) in [6, 6.07) is 5.33. The van der Waals surface area contributed by atoms with Gasteiger partial charge in [-0.2, -0.15) is 5.10 Å². The lowest BCUT2D eigenvalue weighted by Crippen LogP contribution is -2.41. The van der Waals surface area contributed by atoms with Crippen LogP contribution in [0.25, 0.3) is 26.3 Å². The minimum atomic E-state index is 0.536. The standard InChI is InChI=1S/C21H25N5OS/c1-12-5-14(6-13(2)22-12)17-10-26-11-19(28-21(26)23-17)15-7-16-9-25(3)24-20(16)18(8-15)27-4/h7-14,22H,5-6H2,1-4H3. The summed E-state index contributed by atoms with van der Waals surface area (Å²) >= 11 is 1.72. The number of benzene rings is 1. The van der Waals surface area contributed by atoms with Gasteiger partial charge >= 0.3 is 0 Å². The maximum Gasteiger partial charge on any atom is 0.194 e. The fourth-order valence-electron chi connectivity index (χ4n) is 4.48. The normalized spacial score (nSPS) is 22.9. The van der Waals surface area contributed by atoms with Crippen LogP contribution in [0, 0.1) is 0 Å². The van der Waals surface area contributed by atoms with Crippen molar-refractivity contribution in [3.05, 3.63) is 36.4 Å². The largest absolute Gasteiger partial charge is 0.494 e. The SMILES string of the molecule is COc1cc(-c2cn3cc(C4CC(C)NC(C)C4)nc3s2)cc2cn(C)nc12. The van der Waals surface area contributed by atoms with Crippen molar-refractivity contribution < 1.29 is 4.74 Å². The van der Waals surface area contributed by atoms with Crippen LogP contribution >= 0.6 is 11.3 Å². The number of nitrogens with zero attached hydrogens (tertiary/aromatic N) is 4. The summed E-state index contributed by atoms with van der Waals surface area (Å²) in [5, 5.41) is 9.20. The van der Waals surface area contributed by atoms with E-state index >= 15 is 0 Å². The lowest BCUT2D eigenvalue weighted by molar-refractivity contribution is 0.314. The first-order valence-corrected chi connectivity index (χ1v) is 10.6. The summed E-state index contributed by atoms with van der Waals surface area (Å²) in [5.74, 6) is 1.34. The molecule has 1 aliphatic heterocycles. The Labute approximate surface area is 168 Å². The van der Waals surface area contributed by atoms with Crippen molar-refractivity contribution >= 4 is 27.2 Å². The number of fused-ring (bicyclic) bond motifs is 2. The third-order valence-corrected chi connectivity index (χ3v) is 6.68. The molecule has 0 radical (unpaired) electrons. The zero-order valence-electron chi connectivity index (χ0n) is 16.6. The Hall–Kier alpha value is -2.38. The van der Waals surface area contributed by atoms with Gasteiger partial charge in [0.05, 0.1) is 17.7 Å². The topological polar surface area (TPSA) is 56.4 Å². The van der Waals surface area contributed by atoms with Crippen LogP contribution in [-0.2, 0) is 7.05 Å². The van der Waals surface area contributed by atoms with Crippen LogP contribution in [0.5, 0.6) is 5.75 Å². The maximum absolute atomic E-state index is 5.58. The minimum Gasteiger partial charge on any atom is -0.494 e. The molecule has 6 nitrogen and oxygen atoms in total. The highest BCUT2D eigenvalue weighted by molar-refractivity contribution is 7.20. The van der Waals surface area contributed by atoms with Crippen LogP contribution in [0.1, 0.15) is 38.3 Å². The number of aryl methyl sites for hydroxylation is 1. The van der Waals surface area contributed by atoms with E-state index in [0.29, 0.717) is 18.0 Å². The van der Waals surface area contributed by atoms with Crippen LogP contribution in [0.3, 0.4) is 0 Å². The predicted octanol–water partition coefficient (Wildman–Crippen LogP) is 4.20. The second-order valence-electron chi connectivity index (χ2n) is 8.01. The van der Waals surface area contributed by atoms with Crippen LogP contribution in [0.4, 0.5) is 0 Å². The van der Waals surface area contributed by atoms with E-state index in [4.69, 9.17) is 9.72 Å². The van der Waals surface area contributed by atoms with E-state index in [9.17, 15) is 0 Å². The fourth-order valence-corrected chi connectivity index (χ4v) is 5.44. The summed E-state index contributed by atoms with van der Waals surface area (Å²) in [7, 11) is 3.63. The molecule has 1 aromatic carbocycles. The van der Waals surface area contributed by atoms with Crippen molar-refractivity contribution in [1.82, 2.24) is 24.5 Å². The quantitative estimate of drug-likeness (QED) is 0.565. The van der Waals surface area contributed by atoms with Crippen molar-refractivity contribution in [3.63, 3.8) is 0 Å². The number of ether oxygens (including phenoxy) is 1. The van der Waals surface area contributed by atoms with Gasteiger partial charge in [0.1, 0.15) is 11.3 Å². The number of aromatic nitrogens is 4. The third kappa shape index (κ3) is 2.99. The van der Waals surface area contributed by atoms with Gasteiger partial charge in [0.15, 0.2) is 4.96 Å². The first-order valence-electron chi connectivity index (χ1n) is 9.76. The molecule has 0 saturated carbocycles. The highest BCUT2D eigenvalue weighted by Crippen LogP contribution is 2.36. The van der Waals surface area contributed by atoms with E-state index < -0.39 is 0 Å². The summed E-state index contributed by atoms with van der Waals surface area (Å²) in [6.45, 7) is 4.53. The molecule has 2 unspecified atom stereocenters. The molecule has 0 amide bonds. The maximum atomic E-state index is 5.58. The molecule has 3 aromatic heterocycles. The second-order valence-corrected chi connectivity index (χ2v) is 9.02. The number of piperidine rings is 1. The molecule has 2 atom stereocenters. The van der Waals surface area contributed by atoms with Gasteiger partial charge in [0, 0.05) is 49.0 Å². The van der Waals surface area contributed by atoms with Crippen molar-refractivity contribution in [2.24, 2.45) is 7.05 Å². The number of hydrogen-bond acceptors (Lipinski definition) is 5. The molecule has 0 spiro atoms. The summed E-state index contributed by atoms with van der Waals surface area (Å²) < 4.78 is 9.58. The van der Waals surface area contributed by atoms with Crippen LogP contribution < -0.4 is 10.1 Å². The molecule has 1 fully saturated rings. The third-order valence-electron chi connectivity index (χ3n) is 5.63. The molecule has 0 bridgehead atoms. The van der Waals surface area contributed by atoms with E-state index in [-0.39, 0.29) is 0 Å². The number of rotatable bonds is 3. The van der Waals surface area contributed by atoms with E-state index in [2.05, 4.69) is 53.2 Å². The Morgan fingerprint density at radius 2 is 1.93 bits per heavy atom. The van der Waals surface area contributed by atoms with Crippen molar-refractivity contribution in [3.8, 4) is 16.2 Å². The molecule has 0 aliphatic carbocycles. The van der Waals surface area contributed by atoms with Crippen LogP contribution in [-0.4, -0.2) is 38.4 Å². The number of methoxy groups -OCH3 is 1. The molecule has 7 heteroatoms. The van der Waals surface area contributed by atoms with Gasteiger partial charge in [-0.1, -0.05) is 11.3 Å². The van der Waals surface area contributed by atoms with E-state index in [1.165, 1.54) is 10.6 Å². The molecule has 4 heterocycles. The van der Waals surface area contributed by atoms with Gasteiger partial charge in [-0.15, -0.1) is 0 Å². The molecular weight excluding hydrogens is 370 g/mol. The second kappa shape index (κ2) is 6.60. The lowest BCUT2D eigenvalue weighted by atomic mass is 9.87. The highest BCUT2D eigenvalue weighted by atomic mass is 32.1. The van der Waals surface area contributed by atoms with Gasteiger partial charge in [0.25, 0.3) is 0 Å². The zero-order valence-corrected chi connectivity index (χ0v) is 17.5. The molecule has 1 saturated heterocycles. The molecular formula is C21H25N5OS. The minimum absolute atomic E-state index is 0.536. The first-order chi connectivity index (χ1) is 13.5. The molecule has 28 heavy (non-hydrogen) atoms. The van der Waals surface area contributed by atoms with Crippen molar-refractivity contribution in [2.45, 2.75) is 44.7 Å². The van der Waals surface area contributed by atoms with Crippen LogP contribution in [0.2, 0.25) is 0 Å². The van der Waals surface area contributed by atoms with Gasteiger partial charge in [0.2, 0.25) is 0 Å². The average Bonchev–Trinajstić information content (AvgIpc) is 3.31. The Bertz CT molecular complexity index is 1120. The average molecular weight is 396 g/mol. The Morgan fingerprint density at radius 1 is 1.14 bits per heavy atom. The Kier molecular flexibility index (Phi) is 4.17. The number of thiazole rings is 1. The molecule has 1 aliphatic rings. The molecule has 146 valence electrons. The van der Waals surface area contributed by atoms with E-state index in [1.54, 1.807) is 18.4 Å². The molecule has 1 N–H and O–H groups in total. The van der Waals surface area contributed by atoms with Crippen LogP contribution in [0.15, 0.2) is 30.7 Å². The highest BCUT2D eigenvalue weighted by Gasteiger charge is 2.26. The zero-order chi connectivity index (χ0) is 19.4. The summed E-state index contributed by atoms with van der Waals surface area (Å²) in [6.07, 6.45) is 8.72. The van der Waals surface area contributed by atoms with E-state index in [0.717, 1.165) is 40.0 Å². The first kappa shape index (κ1) is 17.7. The van der Waals surface area contributed by atoms with Gasteiger partial charge in [-0.05, 0) is 44.4 Å². The molecule has 5 rings (SSSR count). The Morgan fingerprint density at radius 3 is 2.64 bits per heavy atom.